The molecule has 1 aliphatic rings. The van der Waals surface area contributed by atoms with Crippen LogP contribution in [-0.2, 0) is 13.1 Å². The molecule has 0 bridgehead atoms. The summed E-state index contributed by atoms with van der Waals surface area (Å²) in [5.74, 6) is 1.84. The van der Waals surface area contributed by atoms with Crippen LogP contribution in [0.1, 0.15) is 44.0 Å². The van der Waals surface area contributed by atoms with Crippen LogP contribution < -0.4 is 10.6 Å². The number of guanidine groups is 1. The van der Waals surface area contributed by atoms with E-state index in [2.05, 4.69) is 61.3 Å². The fourth-order valence-corrected chi connectivity index (χ4v) is 3.95. The lowest BCUT2D eigenvalue weighted by Crippen LogP contribution is -2.45. The molecule has 6 nitrogen and oxygen atoms in total. The summed E-state index contributed by atoms with van der Waals surface area (Å²) in [6.45, 7) is 6.99. The van der Waals surface area contributed by atoms with Gasteiger partial charge in [0.05, 0.1) is 6.54 Å². The van der Waals surface area contributed by atoms with Crippen molar-refractivity contribution < 1.29 is 0 Å². The Hall–Kier alpha value is -1.61. The van der Waals surface area contributed by atoms with Gasteiger partial charge in [0.25, 0.3) is 0 Å². The summed E-state index contributed by atoms with van der Waals surface area (Å²) in [5, 5.41) is 6.85. The van der Waals surface area contributed by atoms with Crippen LogP contribution in [-0.4, -0.2) is 53.1 Å². The zero-order valence-electron chi connectivity index (χ0n) is 17.7. The molecule has 0 amide bonds. The number of imidazole rings is 1. The zero-order valence-corrected chi connectivity index (χ0v) is 20.0. The smallest absolute Gasteiger partial charge is 0.191 e. The SMILES string of the molecule is CCC1CCCCN1CCNC(=NC)NCc1nccn1Cc1ccccc1.I. The Bertz CT molecular complexity index is 730. The topological polar surface area (TPSA) is 57.5 Å². The number of nitrogens with zero attached hydrogens (tertiary/aromatic N) is 4. The number of aliphatic imine (C=N–C) groups is 1. The Kier molecular flexibility index (Phi) is 10.5. The number of halogens is 1. The van der Waals surface area contributed by atoms with Gasteiger partial charge in [-0.25, -0.2) is 4.98 Å². The molecule has 2 heterocycles. The van der Waals surface area contributed by atoms with Crippen LogP contribution in [0.2, 0.25) is 0 Å². The Morgan fingerprint density at radius 1 is 1.21 bits per heavy atom. The van der Waals surface area contributed by atoms with Crippen LogP contribution >= 0.6 is 24.0 Å². The summed E-state index contributed by atoms with van der Waals surface area (Å²) in [6, 6.07) is 11.2. The first-order chi connectivity index (χ1) is 13.8. The van der Waals surface area contributed by atoms with E-state index in [4.69, 9.17) is 0 Å². The number of piperidine rings is 1. The lowest BCUT2D eigenvalue weighted by molar-refractivity contribution is 0.147. The van der Waals surface area contributed by atoms with Gasteiger partial charge in [0.2, 0.25) is 0 Å². The summed E-state index contributed by atoms with van der Waals surface area (Å²) < 4.78 is 2.18. The first kappa shape index (κ1) is 23.7. The molecule has 2 N–H and O–H groups in total. The monoisotopic (exact) mass is 510 g/mol. The van der Waals surface area contributed by atoms with E-state index < -0.39 is 0 Å². The van der Waals surface area contributed by atoms with Gasteiger partial charge in [-0.1, -0.05) is 43.7 Å². The molecule has 1 aliphatic heterocycles. The van der Waals surface area contributed by atoms with Crippen LogP contribution in [0, 0.1) is 0 Å². The van der Waals surface area contributed by atoms with Crippen molar-refractivity contribution in [2.75, 3.05) is 26.7 Å². The van der Waals surface area contributed by atoms with E-state index in [0.29, 0.717) is 6.54 Å². The van der Waals surface area contributed by atoms with Crippen molar-refractivity contribution in [2.45, 2.75) is 51.7 Å². The number of nitrogens with one attached hydrogen (secondary N) is 2. The fourth-order valence-electron chi connectivity index (χ4n) is 3.95. The second kappa shape index (κ2) is 12.8. The molecule has 1 aromatic carbocycles. The van der Waals surface area contributed by atoms with E-state index >= 15 is 0 Å². The quantitative estimate of drug-likeness (QED) is 0.325. The predicted molar refractivity (Wildman–Crippen MR) is 131 cm³/mol. The fraction of sp³-hybridized carbons (Fsp3) is 0.545. The summed E-state index contributed by atoms with van der Waals surface area (Å²) in [6.07, 6.45) is 9.18. The van der Waals surface area contributed by atoms with Crippen molar-refractivity contribution in [3.05, 3.63) is 54.1 Å². The Balaban J connectivity index is 0.00000300. The molecule has 1 atom stereocenters. The van der Waals surface area contributed by atoms with Crippen molar-refractivity contribution in [2.24, 2.45) is 4.99 Å². The molecule has 2 aromatic rings. The molecular formula is C22H35IN6. The van der Waals surface area contributed by atoms with Crippen LogP contribution in [0.4, 0.5) is 0 Å². The molecule has 0 radical (unpaired) electrons. The van der Waals surface area contributed by atoms with Crippen molar-refractivity contribution >= 4 is 29.9 Å². The van der Waals surface area contributed by atoms with Gasteiger partial charge >= 0.3 is 0 Å². The van der Waals surface area contributed by atoms with Gasteiger partial charge < -0.3 is 15.2 Å². The highest BCUT2D eigenvalue weighted by Crippen LogP contribution is 2.18. The largest absolute Gasteiger partial charge is 0.355 e. The predicted octanol–water partition coefficient (Wildman–Crippen LogP) is 3.48. The number of rotatable bonds is 8. The minimum absolute atomic E-state index is 0. The van der Waals surface area contributed by atoms with Gasteiger partial charge in [-0.05, 0) is 31.4 Å². The number of likely N-dealkylation sites (tertiary alicyclic amines) is 1. The van der Waals surface area contributed by atoms with Gasteiger partial charge in [0.15, 0.2) is 5.96 Å². The molecule has 1 unspecified atom stereocenters. The number of aromatic nitrogens is 2. The van der Waals surface area contributed by atoms with Crippen molar-refractivity contribution in [1.29, 1.82) is 0 Å². The lowest BCUT2D eigenvalue weighted by Gasteiger charge is -2.35. The van der Waals surface area contributed by atoms with Crippen molar-refractivity contribution in [3.8, 4) is 0 Å². The maximum absolute atomic E-state index is 4.50. The molecule has 0 spiro atoms. The molecule has 0 aliphatic carbocycles. The number of benzene rings is 1. The van der Waals surface area contributed by atoms with E-state index in [1.54, 1.807) is 0 Å². The minimum atomic E-state index is 0. The molecule has 1 aromatic heterocycles. The molecule has 1 fully saturated rings. The van der Waals surface area contributed by atoms with Crippen molar-refractivity contribution in [1.82, 2.24) is 25.1 Å². The Morgan fingerprint density at radius 3 is 2.79 bits per heavy atom. The summed E-state index contributed by atoms with van der Waals surface area (Å²) in [7, 11) is 1.82. The highest BCUT2D eigenvalue weighted by Gasteiger charge is 2.19. The third kappa shape index (κ3) is 7.29. The molecule has 7 heteroatoms. The van der Waals surface area contributed by atoms with Crippen LogP contribution in [0.15, 0.2) is 47.7 Å². The van der Waals surface area contributed by atoms with Crippen LogP contribution in [0.25, 0.3) is 0 Å². The molecule has 29 heavy (non-hydrogen) atoms. The summed E-state index contributed by atoms with van der Waals surface area (Å²) in [5.41, 5.74) is 1.27. The van der Waals surface area contributed by atoms with E-state index in [-0.39, 0.29) is 24.0 Å². The van der Waals surface area contributed by atoms with Gasteiger partial charge in [-0.3, -0.25) is 9.89 Å². The normalized spacial score (nSPS) is 17.6. The second-order valence-electron chi connectivity index (χ2n) is 7.40. The Labute approximate surface area is 192 Å². The highest BCUT2D eigenvalue weighted by atomic mass is 127. The third-order valence-corrected chi connectivity index (χ3v) is 5.55. The van der Waals surface area contributed by atoms with Gasteiger partial charge in [-0.15, -0.1) is 24.0 Å². The highest BCUT2D eigenvalue weighted by molar-refractivity contribution is 14.0. The molecule has 1 saturated heterocycles. The average Bonchev–Trinajstić information content (AvgIpc) is 3.18. The van der Waals surface area contributed by atoms with Crippen LogP contribution in [0.3, 0.4) is 0 Å². The van der Waals surface area contributed by atoms with Gasteiger partial charge in [-0.2, -0.15) is 0 Å². The summed E-state index contributed by atoms with van der Waals surface area (Å²) >= 11 is 0. The van der Waals surface area contributed by atoms with E-state index in [1.165, 1.54) is 37.8 Å². The molecule has 0 saturated carbocycles. The maximum Gasteiger partial charge on any atom is 0.191 e. The zero-order chi connectivity index (χ0) is 19.6. The van der Waals surface area contributed by atoms with E-state index in [9.17, 15) is 0 Å². The van der Waals surface area contributed by atoms with Gasteiger partial charge in [0.1, 0.15) is 5.82 Å². The summed E-state index contributed by atoms with van der Waals surface area (Å²) in [4.78, 5) is 11.5. The first-order valence-electron chi connectivity index (χ1n) is 10.5. The van der Waals surface area contributed by atoms with E-state index in [0.717, 1.165) is 37.5 Å². The molecule has 3 rings (SSSR count). The van der Waals surface area contributed by atoms with Crippen LogP contribution in [0.5, 0.6) is 0 Å². The standard InChI is InChI=1S/C22H34N6.HI/c1-3-20-11-7-8-14-27(20)15-13-25-22(23-2)26-17-21-24-12-16-28(21)18-19-9-5-4-6-10-19;/h4-6,9-10,12,16,20H,3,7-8,11,13-15,17-18H2,1-2H3,(H2,23,25,26);1H. The molecule has 160 valence electrons. The minimum Gasteiger partial charge on any atom is -0.355 e. The number of hydrogen-bond acceptors (Lipinski definition) is 3. The van der Waals surface area contributed by atoms with E-state index in [1.807, 2.05) is 25.5 Å². The second-order valence-corrected chi connectivity index (χ2v) is 7.40. The third-order valence-electron chi connectivity index (χ3n) is 5.55. The maximum atomic E-state index is 4.50. The first-order valence-corrected chi connectivity index (χ1v) is 10.5. The lowest BCUT2D eigenvalue weighted by atomic mass is 10.0. The Morgan fingerprint density at radius 2 is 2.03 bits per heavy atom. The van der Waals surface area contributed by atoms with Gasteiger partial charge in [0, 0.05) is 45.1 Å². The number of hydrogen-bond donors (Lipinski definition) is 2. The van der Waals surface area contributed by atoms with Crippen molar-refractivity contribution in [3.63, 3.8) is 0 Å². The molecular weight excluding hydrogens is 475 g/mol. The average molecular weight is 510 g/mol.